The van der Waals surface area contributed by atoms with Crippen LogP contribution in [0, 0.1) is 0 Å². The van der Waals surface area contributed by atoms with Crippen LogP contribution >= 0.6 is 0 Å². The molecular weight excluding hydrogens is 464 g/mol. The summed E-state index contributed by atoms with van der Waals surface area (Å²) in [5.41, 5.74) is 3.20. The number of nitrogens with one attached hydrogen (secondary N) is 1. The molecule has 0 unspecified atom stereocenters. The maximum Gasteiger partial charge on any atom is 0.256 e. The molecule has 3 aromatic rings. The van der Waals surface area contributed by atoms with Crippen LogP contribution in [0.4, 0.5) is 5.69 Å². The fourth-order valence-electron chi connectivity index (χ4n) is 4.41. The zero-order valence-electron chi connectivity index (χ0n) is 22.7. The minimum atomic E-state index is -0.349. The predicted molar refractivity (Wildman–Crippen MR) is 150 cm³/mol. The lowest BCUT2D eigenvalue weighted by atomic mass is 9.95. The van der Waals surface area contributed by atoms with Crippen molar-refractivity contribution < 1.29 is 19.1 Å². The number of ketones is 1. The molecule has 0 saturated heterocycles. The van der Waals surface area contributed by atoms with Gasteiger partial charge >= 0.3 is 0 Å². The van der Waals surface area contributed by atoms with Crippen LogP contribution in [0.5, 0.6) is 11.5 Å². The van der Waals surface area contributed by atoms with Gasteiger partial charge in [0.25, 0.3) is 5.91 Å². The normalized spacial score (nSPS) is 11.2. The first-order chi connectivity index (χ1) is 17.7. The number of carbonyl (C=O) groups excluding carboxylic acids is 2. The summed E-state index contributed by atoms with van der Waals surface area (Å²) in [5.74, 6) is 0.713. The van der Waals surface area contributed by atoms with Crippen molar-refractivity contribution in [1.82, 2.24) is 4.90 Å². The molecule has 0 aliphatic carbocycles. The van der Waals surface area contributed by atoms with Gasteiger partial charge in [0.05, 0.1) is 12.7 Å². The second kappa shape index (κ2) is 13.1. The molecule has 0 aromatic heterocycles. The number of Topliss-reactive ketones (excluding diaryl/α,β-unsaturated/α-hetero) is 1. The summed E-state index contributed by atoms with van der Waals surface area (Å²) in [6.45, 7) is 11.7. The smallest absolute Gasteiger partial charge is 0.256 e. The lowest BCUT2D eigenvalue weighted by molar-refractivity contribution is 0.0968. The number of amides is 1. The number of hydrogen-bond acceptors (Lipinski definition) is 5. The molecule has 3 aromatic carbocycles. The second-order valence-electron chi connectivity index (χ2n) is 9.50. The van der Waals surface area contributed by atoms with Gasteiger partial charge in [-0.1, -0.05) is 43.3 Å². The molecule has 6 heteroatoms. The minimum absolute atomic E-state index is 0.0819. The van der Waals surface area contributed by atoms with Crippen LogP contribution in [0.2, 0.25) is 0 Å². The number of carbonyl (C=O) groups is 2. The summed E-state index contributed by atoms with van der Waals surface area (Å²) in [6.07, 6.45) is 0.308. The van der Waals surface area contributed by atoms with Crippen LogP contribution in [0.25, 0.3) is 11.1 Å². The first-order valence-electron chi connectivity index (χ1n) is 12.9. The lowest BCUT2D eigenvalue weighted by Gasteiger charge is -2.30. The first-order valence-corrected chi connectivity index (χ1v) is 12.9. The zero-order valence-corrected chi connectivity index (χ0v) is 22.7. The Kier molecular flexibility index (Phi) is 9.86. The topological polar surface area (TPSA) is 67.9 Å². The van der Waals surface area contributed by atoms with Gasteiger partial charge in [-0.25, -0.2) is 0 Å². The third-order valence-corrected chi connectivity index (χ3v) is 6.35. The van der Waals surface area contributed by atoms with E-state index in [1.807, 2.05) is 36.4 Å². The van der Waals surface area contributed by atoms with E-state index in [4.69, 9.17) is 9.47 Å². The van der Waals surface area contributed by atoms with Gasteiger partial charge in [-0.15, -0.1) is 0 Å². The van der Waals surface area contributed by atoms with Gasteiger partial charge in [-0.2, -0.15) is 0 Å². The monoisotopic (exact) mass is 502 g/mol. The van der Waals surface area contributed by atoms with Gasteiger partial charge in [-0.3, -0.25) is 14.5 Å². The molecule has 196 valence electrons. The fraction of sp³-hybridized carbons (Fsp3) is 0.355. The van der Waals surface area contributed by atoms with Gasteiger partial charge in [0.2, 0.25) is 0 Å². The molecule has 0 heterocycles. The van der Waals surface area contributed by atoms with E-state index >= 15 is 0 Å². The number of hydrogen-bond donors (Lipinski definition) is 1. The van der Waals surface area contributed by atoms with E-state index in [1.165, 1.54) is 0 Å². The average molecular weight is 503 g/mol. The summed E-state index contributed by atoms with van der Waals surface area (Å²) < 4.78 is 11.5. The van der Waals surface area contributed by atoms with Crippen molar-refractivity contribution in [2.75, 3.05) is 25.6 Å². The standard InChI is InChI=1S/C31H38N2O4/c1-7-28(34)27-19-24(23-11-9-8-10-12-23)13-15-26(27)31(35)32-25-14-16-29(36-6)30(20-25)37-18-17-33(21(2)3)22(4)5/h8-16,19-22H,7,17-18H2,1-6H3,(H,32,35). The SMILES string of the molecule is CCC(=O)c1cc(-c2ccccc2)ccc1C(=O)Nc1ccc(OC)c(OCCN(C(C)C)C(C)C)c1. The summed E-state index contributed by atoms with van der Waals surface area (Å²) >= 11 is 0. The van der Waals surface area contributed by atoms with Crippen molar-refractivity contribution in [2.45, 2.75) is 53.1 Å². The second-order valence-corrected chi connectivity index (χ2v) is 9.50. The number of anilines is 1. The quantitative estimate of drug-likeness (QED) is 0.279. The first kappa shape index (κ1) is 27.9. The van der Waals surface area contributed by atoms with Gasteiger partial charge in [-0.05, 0) is 63.1 Å². The molecule has 0 radical (unpaired) electrons. The number of nitrogens with zero attached hydrogens (tertiary/aromatic N) is 1. The molecule has 0 aliphatic rings. The van der Waals surface area contributed by atoms with Crippen molar-refractivity contribution >= 4 is 17.4 Å². The Morgan fingerprint density at radius 1 is 0.838 bits per heavy atom. The lowest BCUT2D eigenvalue weighted by Crippen LogP contribution is -2.39. The maximum absolute atomic E-state index is 13.3. The molecule has 3 rings (SSSR count). The van der Waals surface area contributed by atoms with E-state index in [1.54, 1.807) is 44.4 Å². The van der Waals surface area contributed by atoms with Gasteiger partial charge in [0, 0.05) is 42.4 Å². The Morgan fingerprint density at radius 3 is 2.16 bits per heavy atom. The maximum atomic E-state index is 13.3. The van der Waals surface area contributed by atoms with Crippen molar-refractivity contribution in [2.24, 2.45) is 0 Å². The van der Waals surface area contributed by atoms with Gasteiger partial charge in [0.15, 0.2) is 17.3 Å². The summed E-state index contributed by atoms with van der Waals surface area (Å²) in [6, 6.07) is 21.3. The van der Waals surface area contributed by atoms with Crippen molar-refractivity contribution in [3.05, 3.63) is 77.9 Å². The highest BCUT2D eigenvalue weighted by Crippen LogP contribution is 2.31. The molecule has 0 atom stereocenters. The van der Waals surface area contributed by atoms with Crippen molar-refractivity contribution in [3.8, 4) is 22.6 Å². The zero-order chi connectivity index (χ0) is 26.9. The van der Waals surface area contributed by atoms with Crippen LogP contribution < -0.4 is 14.8 Å². The summed E-state index contributed by atoms with van der Waals surface area (Å²) in [4.78, 5) is 28.4. The predicted octanol–water partition coefficient (Wildman–Crippen LogP) is 6.70. The molecule has 0 bridgehead atoms. The van der Waals surface area contributed by atoms with Crippen LogP contribution in [0.15, 0.2) is 66.7 Å². The van der Waals surface area contributed by atoms with E-state index in [-0.39, 0.29) is 11.7 Å². The fourth-order valence-corrected chi connectivity index (χ4v) is 4.41. The largest absolute Gasteiger partial charge is 0.493 e. The Balaban J connectivity index is 1.81. The van der Waals surface area contributed by atoms with E-state index < -0.39 is 0 Å². The van der Waals surface area contributed by atoms with Crippen LogP contribution in [0.3, 0.4) is 0 Å². The van der Waals surface area contributed by atoms with Crippen LogP contribution in [0.1, 0.15) is 61.8 Å². The molecule has 1 N–H and O–H groups in total. The number of ether oxygens (including phenoxy) is 2. The molecule has 0 fully saturated rings. The van der Waals surface area contributed by atoms with E-state index in [9.17, 15) is 9.59 Å². The number of benzene rings is 3. The molecule has 1 amide bonds. The Morgan fingerprint density at radius 2 is 1.54 bits per heavy atom. The highest BCUT2D eigenvalue weighted by molar-refractivity contribution is 6.13. The van der Waals surface area contributed by atoms with Gasteiger partial charge < -0.3 is 14.8 Å². The molecule has 0 aliphatic heterocycles. The van der Waals surface area contributed by atoms with Gasteiger partial charge in [0.1, 0.15) is 6.61 Å². The third kappa shape index (κ3) is 7.20. The minimum Gasteiger partial charge on any atom is -0.493 e. The number of rotatable bonds is 12. The Labute approximate surface area is 220 Å². The molecule has 0 spiro atoms. The molecule has 6 nitrogen and oxygen atoms in total. The summed E-state index contributed by atoms with van der Waals surface area (Å²) in [7, 11) is 1.59. The molecule has 0 saturated carbocycles. The van der Waals surface area contributed by atoms with Crippen LogP contribution in [-0.2, 0) is 0 Å². The van der Waals surface area contributed by atoms with Crippen molar-refractivity contribution in [1.29, 1.82) is 0 Å². The Bertz CT molecular complexity index is 1200. The third-order valence-electron chi connectivity index (χ3n) is 6.35. The highest BCUT2D eigenvalue weighted by Gasteiger charge is 2.19. The molecule has 37 heavy (non-hydrogen) atoms. The molecular formula is C31H38N2O4. The van der Waals surface area contributed by atoms with E-state index in [0.29, 0.717) is 53.4 Å². The van der Waals surface area contributed by atoms with E-state index in [2.05, 4.69) is 37.9 Å². The number of methoxy groups -OCH3 is 1. The Hall–Kier alpha value is -3.64. The average Bonchev–Trinajstić information content (AvgIpc) is 2.90. The van der Waals surface area contributed by atoms with E-state index in [0.717, 1.165) is 17.7 Å². The van der Waals surface area contributed by atoms with Crippen molar-refractivity contribution in [3.63, 3.8) is 0 Å². The summed E-state index contributed by atoms with van der Waals surface area (Å²) in [5, 5.41) is 2.93. The van der Waals surface area contributed by atoms with Crippen LogP contribution in [-0.4, -0.2) is 48.9 Å². The highest BCUT2D eigenvalue weighted by atomic mass is 16.5.